The van der Waals surface area contributed by atoms with Crippen LogP contribution in [0.1, 0.15) is 42.4 Å². The fraction of sp³-hybridized carbons (Fsp3) is 0.483. The molecule has 0 spiro atoms. The molecule has 0 unspecified atom stereocenters. The molecule has 0 bridgehead atoms. The normalized spacial score (nSPS) is 18.3. The third-order valence-electron chi connectivity index (χ3n) is 7.98. The van der Waals surface area contributed by atoms with Crippen LogP contribution in [-0.4, -0.2) is 95.1 Å². The number of carbonyl (C=O) groups excluding carboxylic acids is 1. The van der Waals surface area contributed by atoms with Crippen molar-refractivity contribution in [2.24, 2.45) is 0 Å². The smallest absolute Gasteiger partial charge is 0.409 e. The number of nitriles is 1. The molecule has 2 aliphatic rings. The van der Waals surface area contributed by atoms with E-state index in [0.717, 1.165) is 36.2 Å². The lowest BCUT2D eigenvalue weighted by atomic mass is 10.0. The summed E-state index contributed by atoms with van der Waals surface area (Å²) in [5.41, 5.74) is 4.58. The van der Waals surface area contributed by atoms with Crippen LogP contribution in [0.25, 0.3) is 16.9 Å². The molecule has 2 aliphatic heterocycles. The number of sulfonamides is 1. The van der Waals surface area contributed by atoms with Crippen molar-refractivity contribution < 1.29 is 17.9 Å². The monoisotopic (exact) mass is 607 g/mol. The van der Waals surface area contributed by atoms with Crippen LogP contribution in [-0.2, 0) is 21.3 Å². The van der Waals surface area contributed by atoms with Crippen molar-refractivity contribution in [2.45, 2.75) is 51.2 Å². The van der Waals surface area contributed by atoms with Crippen LogP contribution >= 0.6 is 0 Å². The summed E-state index contributed by atoms with van der Waals surface area (Å²) in [6.45, 7) is 4.94. The number of ether oxygens (including phenoxy) is 1. The van der Waals surface area contributed by atoms with Gasteiger partial charge in [0.15, 0.2) is 0 Å². The first kappa shape index (κ1) is 30.4. The Kier molecular flexibility index (Phi) is 9.24. The molecule has 228 valence electrons. The molecule has 1 atom stereocenters. The van der Waals surface area contributed by atoms with Gasteiger partial charge in [-0.25, -0.2) is 32.2 Å². The highest BCUT2D eigenvalue weighted by Crippen LogP contribution is 2.25. The van der Waals surface area contributed by atoms with E-state index >= 15 is 0 Å². The molecular formula is C29H37N9O4S. The number of hydrogen-bond donors (Lipinski definition) is 2. The molecular weight excluding hydrogens is 570 g/mol. The van der Waals surface area contributed by atoms with Crippen LogP contribution in [0.2, 0.25) is 0 Å². The predicted octanol–water partition coefficient (Wildman–Crippen LogP) is 2.67. The van der Waals surface area contributed by atoms with E-state index in [-0.39, 0.29) is 18.2 Å². The van der Waals surface area contributed by atoms with Gasteiger partial charge in [-0.3, -0.25) is 0 Å². The summed E-state index contributed by atoms with van der Waals surface area (Å²) in [6.07, 6.45) is 9.20. The van der Waals surface area contributed by atoms with Gasteiger partial charge in [-0.05, 0) is 49.8 Å². The number of benzene rings is 1. The quantitative estimate of drug-likeness (QED) is 0.390. The Balaban J connectivity index is 1.25. The first-order valence-corrected chi connectivity index (χ1v) is 16.2. The van der Waals surface area contributed by atoms with Crippen molar-refractivity contribution in [3.05, 3.63) is 53.5 Å². The molecule has 1 amide bonds. The van der Waals surface area contributed by atoms with Crippen LogP contribution in [0.5, 0.6) is 0 Å². The van der Waals surface area contributed by atoms with Crippen LogP contribution < -0.4 is 10.6 Å². The SMILES string of the molecule is COC(=O)N1CCC[C@H](NCc2ccc(-n3cc(-c4nc(NC5CCN(S(C)(=O)=O)CC5)ncc4C#N)cn3)c(C)c2)C1. The number of carbonyl (C=O) groups is 1. The zero-order chi connectivity index (χ0) is 30.6. The van der Waals surface area contributed by atoms with Gasteiger partial charge in [0.25, 0.3) is 0 Å². The van der Waals surface area contributed by atoms with Gasteiger partial charge in [-0.2, -0.15) is 10.4 Å². The van der Waals surface area contributed by atoms with Gasteiger partial charge in [0.1, 0.15) is 6.07 Å². The fourth-order valence-corrected chi connectivity index (χ4v) is 6.50. The molecule has 0 saturated carbocycles. The van der Waals surface area contributed by atoms with Crippen molar-refractivity contribution in [2.75, 3.05) is 44.9 Å². The fourth-order valence-electron chi connectivity index (χ4n) is 5.63. The predicted molar refractivity (Wildman–Crippen MR) is 161 cm³/mol. The topological polar surface area (TPSA) is 158 Å². The number of likely N-dealkylation sites (tertiary alicyclic amines) is 1. The van der Waals surface area contributed by atoms with Crippen molar-refractivity contribution in [3.8, 4) is 23.0 Å². The summed E-state index contributed by atoms with van der Waals surface area (Å²) in [6, 6.07) is 8.60. The molecule has 0 aliphatic carbocycles. The number of hydrogen-bond acceptors (Lipinski definition) is 10. The zero-order valence-electron chi connectivity index (χ0n) is 24.7. The molecule has 3 aromatic rings. The van der Waals surface area contributed by atoms with Crippen molar-refractivity contribution in [1.82, 2.24) is 34.3 Å². The number of nitrogens with zero attached hydrogens (tertiary/aromatic N) is 7. The van der Waals surface area contributed by atoms with E-state index in [1.54, 1.807) is 15.8 Å². The lowest BCUT2D eigenvalue weighted by Gasteiger charge is -2.32. The highest BCUT2D eigenvalue weighted by molar-refractivity contribution is 7.88. The number of amides is 1. The van der Waals surface area contributed by atoms with Crippen molar-refractivity contribution in [3.63, 3.8) is 0 Å². The average Bonchev–Trinajstić information content (AvgIpc) is 3.49. The van der Waals surface area contributed by atoms with E-state index in [2.05, 4.69) is 43.9 Å². The molecule has 2 saturated heterocycles. The third kappa shape index (κ3) is 7.30. The molecule has 2 aromatic heterocycles. The van der Waals surface area contributed by atoms with Gasteiger partial charge in [-0.15, -0.1) is 0 Å². The molecule has 2 N–H and O–H groups in total. The van der Waals surface area contributed by atoms with Crippen LogP contribution in [0.3, 0.4) is 0 Å². The average molecular weight is 608 g/mol. The summed E-state index contributed by atoms with van der Waals surface area (Å²) in [5, 5.41) is 21.1. The Labute approximate surface area is 251 Å². The minimum Gasteiger partial charge on any atom is -0.453 e. The second kappa shape index (κ2) is 13.1. The van der Waals surface area contributed by atoms with Crippen LogP contribution in [0, 0.1) is 18.3 Å². The zero-order valence-corrected chi connectivity index (χ0v) is 25.5. The van der Waals surface area contributed by atoms with E-state index in [0.29, 0.717) is 61.8 Å². The van der Waals surface area contributed by atoms with Crippen LogP contribution in [0.15, 0.2) is 36.8 Å². The van der Waals surface area contributed by atoms with Gasteiger partial charge < -0.3 is 20.3 Å². The van der Waals surface area contributed by atoms with E-state index in [1.807, 2.05) is 19.2 Å². The highest BCUT2D eigenvalue weighted by Gasteiger charge is 2.26. The highest BCUT2D eigenvalue weighted by atomic mass is 32.2. The first-order chi connectivity index (χ1) is 20.6. The Bertz CT molecular complexity index is 1610. The van der Waals surface area contributed by atoms with Gasteiger partial charge in [0, 0.05) is 56.6 Å². The Morgan fingerprint density at radius 3 is 2.65 bits per heavy atom. The number of anilines is 1. The van der Waals surface area contributed by atoms with E-state index in [9.17, 15) is 18.5 Å². The summed E-state index contributed by atoms with van der Waals surface area (Å²) < 4.78 is 31.8. The minimum atomic E-state index is -3.20. The molecule has 2 fully saturated rings. The third-order valence-corrected chi connectivity index (χ3v) is 9.28. The number of rotatable bonds is 8. The minimum absolute atomic E-state index is 0.0297. The summed E-state index contributed by atoms with van der Waals surface area (Å²) in [5.74, 6) is 0.389. The number of methoxy groups -OCH3 is 1. The van der Waals surface area contributed by atoms with Gasteiger partial charge in [0.2, 0.25) is 16.0 Å². The Morgan fingerprint density at radius 1 is 1.16 bits per heavy atom. The largest absolute Gasteiger partial charge is 0.453 e. The molecule has 5 rings (SSSR count). The number of nitrogens with one attached hydrogen (secondary N) is 2. The number of aromatic nitrogens is 4. The maximum Gasteiger partial charge on any atom is 0.409 e. The second-order valence-electron chi connectivity index (χ2n) is 11.1. The molecule has 13 nitrogen and oxygen atoms in total. The van der Waals surface area contributed by atoms with Gasteiger partial charge >= 0.3 is 6.09 Å². The summed E-state index contributed by atoms with van der Waals surface area (Å²) >= 11 is 0. The Hall–Kier alpha value is -4.06. The van der Waals surface area contributed by atoms with Crippen LogP contribution in [0.4, 0.5) is 10.7 Å². The first-order valence-electron chi connectivity index (χ1n) is 14.3. The van der Waals surface area contributed by atoms with E-state index in [1.165, 1.54) is 23.9 Å². The van der Waals surface area contributed by atoms with E-state index in [4.69, 9.17) is 4.74 Å². The second-order valence-corrected chi connectivity index (χ2v) is 13.1. The Morgan fingerprint density at radius 2 is 1.95 bits per heavy atom. The maximum atomic E-state index is 11.9. The maximum absolute atomic E-state index is 11.9. The van der Waals surface area contributed by atoms with E-state index < -0.39 is 10.0 Å². The van der Waals surface area contributed by atoms with Crippen molar-refractivity contribution in [1.29, 1.82) is 5.26 Å². The lowest BCUT2D eigenvalue weighted by molar-refractivity contribution is 0.107. The standard InChI is InChI=1S/C29H37N9O4S/c1-20-13-21(15-31-25-5-4-10-36(19-25)29(39)42-2)6-7-26(20)38-18-23(17-33-38)27-22(14-30)16-32-28(35-27)34-24-8-11-37(12-9-24)43(3,40)41/h6-7,13,16-18,24-25,31H,4-5,8-12,15,19H2,1-3H3,(H,32,34,35)/t25-/m0/s1. The molecule has 14 heteroatoms. The molecule has 1 aromatic carbocycles. The summed E-state index contributed by atoms with van der Waals surface area (Å²) in [7, 11) is -1.79. The van der Waals surface area contributed by atoms with Crippen molar-refractivity contribution >= 4 is 22.1 Å². The number of aryl methyl sites for hydroxylation is 1. The molecule has 4 heterocycles. The molecule has 0 radical (unpaired) electrons. The molecule has 43 heavy (non-hydrogen) atoms. The van der Waals surface area contributed by atoms with Gasteiger partial charge in [-0.1, -0.05) is 12.1 Å². The summed E-state index contributed by atoms with van der Waals surface area (Å²) in [4.78, 5) is 22.6. The van der Waals surface area contributed by atoms with Gasteiger partial charge in [0.05, 0.1) is 42.7 Å². The number of piperidine rings is 2. The lowest BCUT2D eigenvalue weighted by Crippen LogP contribution is -2.47.